The third kappa shape index (κ3) is 3.65. The van der Waals surface area contributed by atoms with Gasteiger partial charge in [0.25, 0.3) is 5.91 Å². The van der Waals surface area contributed by atoms with Gasteiger partial charge in [-0.05, 0) is 36.1 Å². The standard InChI is InChI=1S/C20H21NOS2/c22-19(16-6-8-17(9-7-16)20-23-12-13-24-20)21(18-10-11-18)14-15-4-2-1-3-5-15/h1-9,18,20H,10-14H2. The van der Waals surface area contributed by atoms with E-state index in [9.17, 15) is 4.79 Å². The SMILES string of the molecule is O=C(c1ccc(C2SCCS2)cc1)N(Cc1ccccc1)C1CC1. The molecule has 0 radical (unpaired) electrons. The molecule has 0 aromatic heterocycles. The Bertz CT molecular complexity index is 691. The van der Waals surface area contributed by atoms with Crippen molar-refractivity contribution in [1.29, 1.82) is 0 Å². The summed E-state index contributed by atoms with van der Waals surface area (Å²) in [6.45, 7) is 0.709. The number of thioether (sulfide) groups is 2. The Balaban J connectivity index is 1.50. The highest BCUT2D eigenvalue weighted by Gasteiger charge is 2.33. The third-order valence-corrected chi connectivity index (χ3v) is 7.60. The second kappa shape index (κ2) is 7.24. The summed E-state index contributed by atoms with van der Waals surface area (Å²) < 4.78 is 0.540. The van der Waals surface area contributed by atoms with E-state index in [-0.39, 0.29) is 5.91 Å². The normalized spacial score (nSPS) is 17.8. The van der Waals surface area contributed by atoms with Crippen LogP contribution in [0.25, 0.3) is 0 Å². The fourth-order valence-electron chi connectivity index (χ4n) is 3.03. The average molecular weight is 356 g/mol. The molecule has 2 aromatic rings. The van der Waals surface area contributed by atoms with E-state index in [2.05, 4.69) is 24.3 Å². The molecule has 1 heterocycles. The molecule has 2 aromatic carbocycles. The van der Waals surface area contributed by atoms with Gasteiger partial charge < -0.3 is 4.90 Å². The van der Waals surface area contributed by atoms with Crippen LogP contribution in [0.5, 0.6) is 0 Å². The van der Waals surface area contributed by atoms with Crippen molar-refractivity contribution in [2.75, 3.05) is 11.5 Å². The van der Waals surface area contributed by atoms with Gasteiger partial charge in [-0.2, -0.15) is 0 Å². The van der Waals surface area contributed by atoms with Crippen LogP contribution in [0.4, 0.5) is 0 Å². The van der Waals surface area contributed by atoms with Gasteiger partial charge >= 0.3 is 0 Å². The summed E-state index contributed by atoms with van der Waals surface area (Å²) in [5, 5.41) is 0. The first-order chi connectivity index (χ1) is 11.8. The van der Waals surface area contributed by atoms with Crippen LogP contribution in [-0.2, 0) is 6.54 Å². The molecule has 2 aliphatic rings. The molecule has 2 nitrogen and oxygen atoms in total. The van der Waals surface area contributed by atoms with Crippen LogP contribution < -0.4 is 0 Å². The number of hydrogen-bond donors (Lipinski definition) is 0. The number of carbonyl (C=O) groups excluding carboxylic acids is 1. The molecule has 1 aliphatic carbocycles. The molecule has 0 bridgehead atoms. The van der Waals surface area contributed by atoms with Gasteiger partial charge in [0.15, 0.2) is 0 Å². The Morgan fingerprint density at radius 3 is 2.25 bits per heavy atom. The fourth-order valence-corrected chi connectivity index (χ4v) is 5.89. The minimum Gasteiger partial charge on any atom is -0.331 e. The van der Waals surface area contributed by atoms with E-state index in [4.69, 9.17) is 0 Å². The zero-order chi connectivity index (χ0) is 16.4. The third-order valence-electron chi connectivity index (χ3n) is 4.50. The molecule has 2 fully saturated rings. The van der Waals surface area contributed by atoms with E-state index in [0.29, 0.717) is 17.2 Å². The summed E-state index contributed by atoms with van der Waals surface area (Å²) >= 11 is 4.00. The number of benzene rings is 2. The van der Waals surface area contributed by atoms with Crippen molar-refractivity contribution in [3.8, 4) is 0 Å². The number of carbonyl (C=O) groups is 1. The second-order valence-electron chi connectivity index (χ2n) is 6.35. The average Bonchev–Trinajstić information content (AvgIpc) is 3.33. The van der Waals surface area contributed by atoms with Gasteiger partial charge in [-0.3, -0.25) is 4.79 Å². The van der Waals surface area contributed by atoms with E-state index in [1.807, 2.05) is 58.8 Å². The van der Waals surface area contributed by atoms with Crippen molar-refractivity contribution in [3.63, 3.8) is 0 Å². The minimum absolute atomic E-state index is 0.166. The van der Waals surface area contributed by atoms with E-state index in [0.717, 1.165) is 18.4 Å². The van der Waals surface area contributed by atoms with Crippen molar-refractivity contribution in [1.82, 2.24) is 4.90 Å². The maximum absolute atomic E-state index is 13.0. The highest BCUT2D eigenvalue weighted by molar-refractivity contribution is 8.19. The molecular weight excluding hydrogens is 334 g/mol. The predicted molar refractivity (Wildman–Crippen MR) is 103 cm³/mol. The minimum atomic E-state index is 0.166. The molecule has 0 atom stereocenters. The zero-order valence-electron chi connectivity index (χ0n) is 13.6. The lowest BCUT2D eigenvalue weighted by atomic mass is 10.1. The Hall–Kier alpha value is -1.39. The summed E-state index contributed by atoms with van der Waals surface area (Å²) in [4.78, 5) is 15.0. The molecule has 1 aliphatic heterocycles. The van der Waals surface area contributed by atoms with Crippen molar-refractivity contribution >= 4 is 29.4 Å². The monoisotopic (exact) mass is 355 g/mol. The van der Waals surface area contributed by atoms with Crippen molar-refractivity contribution in [3.05, 3.63) is 71.3 Å². The summed E-state index contributed by atoms with van der Waals surface area (Å²) in [6, 6.07) is 19.0. The van der Waals surface area contributed by atoms with Crippen LogP contribution in [0.1, 0.15) is 38.9 Å². The number of nitrogens with zero attached hydrogens (tertiary/aromatic N) is 1. The van der Waals surface area contributed by atoms with Gasteiger partial charge in [0.1, 0.15) is 0 Å². The van der Waals surface area contributed by atoms with Gasteiger partial charge in [0.05, 0.1) is 4.58 Å². The molecule has 1 amide bonds. The molecule has 1 saturated carbocycles. The zero-order valence-corrected chi connectivity index (χ0v) is 15.2. The molecule has 4 rings (SSSR count). The lowest BCUT2D eigenvalue weighted by molar-refractivity contribution is 0.0730. The quantitative estimate of drug-likeness (QED) is 0.755. The van der Waals surface area contributed by atoms with Crippen LogP contribution in [0.3, 0.4) is 0 Å². The first kappa shape index (κ1) is 16.1. The van der Waals surface area contributed by atoms with Gasteiger partial charge in [-0.25, -0.2) is 0 Å². The van der Waals surface area contributed by atoms with Gasteiger partial charge in [-0.1, -0.05) is 42.5 Å². The fraction of sp³-hybridized carbons (Fsp3) is 0.350. The Morgan fingerprint density at radius 2 is 1.62 bits per heavy atom. The van der Waals surface area contributed by atoms with E-state index in [1.54, 1.807) is 0 Å². The predicted octanol–water partition coefficient (Wildman–Crippen LogP) is 4.97. The lowest BCUT2D eigenvalue weighted by Crippen LogP contribution is -2.32. The molecular formula is C20H21NOS2. The van der Waals surface area contributed by atoms with Crippen LogP contribution >= 0.6 is 23.5 Å². The van der Waals surface area contributed by atoms with Gasteiger partial charge in [-0.15, -0.1) is 23.5 Å². The molecule has 4 heteroatoms. The maximum Gasteiger partial charge on any atom is 0.254 e. The second-order valence-corrected chi connectivity index (χ2v) is 9.07. The van der Waals surface area contributed by atoms with E-state index < -0.39 is 0 Å². The van der Waals surface area contributed by atoms with Gasteiger partial charge in [0, 0.05) is 29.7 Å². The summed E-state index contributed by atoms with van der Waals surface area (Å²) in [5.41, 5.74) is 3.35. The van der Waals surface area contributed by atoms with E-state index >= 15 is 0 Å². The van der Waals surface area contributed by atoms with Crippen molar-refractivity contribution in [2.45, 2.75) is 30.0 Å². The Kier molecular flexibility index (Phi) is 4.86. The van der Waals surface area contributed by atoms with E-state index in [1.165, 1.54) is 22.6 Å². The van der Waals surface area contributed by atoms with Crippen LogP contribution in [0.2, 0.25) is 0 Å². The molecule has 24 heavy (non-hydrogen) atoms. The van der Waals surface area contributed by atoms with Gasteiger partial charge in [0.2, 0.25) is 0 Å². The molecule has 0 spiro atoms. The van der Waals surface area contributed by atoms with Crippen molar-refractivity contribution in [2.24, 2.45) is 0 Å². The molecule has 1 saturated heterocycles. The molecule has 124 valence electrons. The highest BCUT2D eigenvalue weighted by Crippen LogP contribution is 2.45. The molecule has 0 N–H and O–H groups in total. The highest BCUT2D eigenvalue weighted by atomic mass is 32.2. The van der Waals surface area contributed by atoms with Crippen LogP contribution in [0, 0.1) is 0 Å². The van der Waals surface area contributed by atoms with Crippen LogP contribution in [-0.4, -0.2) is 28.4 Å². The summed E-state index contributed by atoms with van der Waals surface area (Å²) in [6.07, 6.45) is 2.26. The lowest BCUT2D eigenvalue weighted by Gasteiger charge is -2.23. The van der Waals surface area contributed by atoms with Crippen molar-refractivity contribution < 1.29 is 4.79 Å². The Labute approximate surface area is 152 Å². The van der Waals surface area contributed by atoms with Crippen LogP contribution in [0.15, 0.2) is 54.6 Å². The molecule has 0 unspecified atom stereocenters. The smallest absolute Gasteiger partial charge is 0.254 e. The number of hydrogen-bond acceptors (Lipinski definition) is 3. The Morgan fingerprint density at radius 1 is 0.958 bits per heavy atom. The summed E-state index contributed by atoms with van der Waals surface area (Å²) in [7, 11) is 0. The number of rotatable bonds is 5. The summed E-state index contributed by atoms with van der Waals surface area (Å²) in [5.74, 6) is 2.62. The first-order valence-corrected chi connectivity index (χ1v) is 10.6. The topological polar surface area (TPSA) is 20.3 Å². The first-order valence-electron chi connectivity index (χ1n) is 8.49. The maximum atomic E-state index is 13.0. The number of amides is 1. The largest absolute Gasteiger partial charge is 0.331 e.